The smallest absolute Gasteiger partial charge is 0.206 e. The third-order valence-corrected chi connectivity index (χ3v) is 3.54. The van der Waals surface area contributed by atoms with Crippen LogP contribution in [0.15, 0.2) is 0 Å². The fourth-order valence-electron chi connectivity index (χ4n) is 1.03. The number of sulfonamides is 1. The van der Waals surface area contributed by atoms with Crippen molar-refractivity contribution in [2.75, 3.05) is 13.1 Å². The zero-order valence-electron chi connectivity index (χ0n) is 6.08. The summed E-state index contributed by atoms with van der Waals surface area (Å²) in [6, 6.07) is 0. The summed E-state index contributed by atoms with van der Waals surface area (Å²) >= 11 is 5.57. The maximum Gasteiger partial charge on any atom is 0.350 e. The molecule has 1 atom stereocenters. The van der Waals surface area contributed by atoms with Gasteiger partial charge in [0.1, 0.15) is 0 Å². The SMILES string of the molecule is O=S(=O)(C(F)F)N1CCC(Cl)C1. The predicted octanol–water partition coefficient (Wildman–Crippen LogP) is 0.852. The van der Waals surface area contributed by atoms with E-state index in [1.54, 1.807) is 0 Å². The van der Waals surface area contributed by atoms with Gasteiger partial charge in [-0.1, -0.05) is 0 Å². The predicted molar refractivity (Wildman–Crippen MR) is 40.8 cm³/mol. The first kappa shape index (κ1) is 10.1. The molecule has 0 aliphatic carbocycles. The Kier molecular flexibility index (Phi) is 2.90. The lowest BCUT2D eigenvalue weighted by Gasteiger charge is -2.13. The number of alkyl halides is 3. The second-order valence-electron chi connectivity index (χ2n) is 2.55. The second-order valence-corrected chi connectivity index (χ2v) is 5.07. The van der Waals surface area contributed by atoms with Gasteiger partial charge in [-0.25, -0.2) is 8.42 Å². The van der Waals surface area contributed by atoms with Crippen LogP contribution in [0, 0.1) is 0 Å². The van der Waals surface area contributed by atoms with Gasteiger partial charge in [0.2, 0.25) is 0 Å². The largest absolute Gasteiger partial charge is 0.350 e. The van der Waals surface area contributed by atoms with Gasteiger partial charge < -0.3 is 0 Å². The fourth-order valence-corrected chi connectivity index (χ4v) is 2.35. The minimum Gasteiger partial charge on any atom is -0.206 e. The molecule has 1 aliphatic heterocycles. The molecule has 1 heterocycles. The van der Waals surface area contributed by atoms with Crippen LogP contribution in [-0.4, -0.2) is 36.9 Å². The van der Waals surface area contributed by atoms with Crippen LogP contribution < -0.4 is 0 Å². The highest BCUT2D eigenvalue weighted by Crippen LogP contribution is 2.21. The van der Waals surface area contributed by atoms with E-state index in [-0.39, 0.29) is 18.5 Å². The highest BCUT2D eigenvalue weighted by atomic mass is 35.5. The third kappa shape index (κ3) is 1.86. The van der Waals surface area contributed by atoms with Gasteiger partial charge in [-0.05, 0) is 6.42 Å². The lowest BCUT2D eigenvalue weighted by Crippen LogP contribution is -2.33. The maximum atomic E-state index is 11.9. The van der Waals surface area contributed by atoms with Crippen LogP contribution in [0.3, 0.4) is 0 Å². The monoisotopic (exact) mass is 219 g/mol. The molecule has 1 fully saturated rings. The molecule has 0 saturated carbocycles. The maximum absolute atomic E-state index is 11.9. The normalized spacial score (nSPS) is 26.8. The molecule has 0 spiro atoms. The molecular weight excluding hydrogens is 212 g/mol. The first-order valence-electron chi connectivity index (χ1n) is 3.36. The van der Waals surface area contributed by atoms with Crippen LogP contribution in [0.1, 0.15) is 6.42 Å². The minimum atomic E-state index is -4.39. The Bertz CT molecular complexity index is 256. The first-order chi connectivity index (χ1) is 5.44. The van der Waals surface area contributed by atoms with Crippen molar-refractivity contribution in [1.82, 2.24) is 4.31 Å². The van der Waals surface area contributed by atoms with Crippen molar-refractivity contribution in [3.8, 4) is 0 Å². The van der Waals surface area contributed by atoms with Gasteiger partial charge in [0.25, 0.3) is 10.0 Å². The van der Waals surface area contributed by atoms with E-state index in [1.807, 2.05) is 0 Å². The standard InChI is InChI=1S/C5H8ClF2NO2S/c6-4-1-2-9(3-4)12(10,11)5(7)8/h4-5H,1-3H2. The lowest BCUT2D eigenvalue weighted by atomic mass is 10.4. The number of rotatable bonds is 2. The van der Waals surface area contributed by atoms with Crippen molar-refractivity contribution < 1.29 is 17.2 Å². The zero-order valence-corrected chi connectivity index (χ0v) is 7.65. The second kappa shape index (κ2) is 3.43. The van der Waals surface area contributed by atoms with Gasteiger partial charge in [0, 0.05) is 18.5 Å². The summed E-state index contributed by atoms with van der Waals surface area (Å²) in [5.74, 6) is -3.33. The van der Waals surface area contributed by atoms with Gasteiger partial charge in [-0.15, -0.1) is 11.6 Å². The fraction of sp³-hybridized carbons (Fsp3) is 1.00. The summed E-state index contributed by atoms with van der Waals surface area (Å²) in [6.45, 7) is 0.0923. The number of hydrogen-bond acceptors (Lipinski definition) is 2. The van der Waals surface area contributed by atoms with E-state index in [9.17, 15) is 17.2 Å². The summed E-state index contributed by atoms with van der Waals surface area (Å²) in [5.41, 5.74) is 0. The van der Waals surface area contributed by atoms with Gasteiger partial charge in [-0.2, -0.15) is 13.1 Å². The van der Waals surface area contributed by atoms with Crippen molar-refractivity contribution in [1.29, 1.82) is 0 Å². The van der Waals surface area contributed by atoms with Crippen molar-refractivity contribution in [3.05, 3.63) is 0 Å². The molecule has 0 aromatic heterocycles. The summed E-state index contributed by atoms with van der Waals surface area (Å²) < 4.78 is 46.2. The molecule has 12 heavy (non-hydrogen) atoms. The Labute approximate surface area is 74.3 Å². The van der Waals surface area contributed by atoms with Crippen molar-refractivity contribution in [3.63, 3.8) is 0 Å². The molecule has 3 nitrogen and oxygen atoms in total. The molecule has 0 aromatic rings. The lowest BCUT2D eigenvalue weighted by molar-refractivity contribution is 0.222. The quantitative estimate of drug-likeness (QED) is 0.646. The highest BCUT2D eigenvalue weighted by molar-refractivity contribution is 7.89. The van der Waals surface area contributed by atoms with E-state index in [2.05, 4.69) is 0 Å². The van der Waals surface area contributed by atoms with E-state index in [1.165, 1.54) is 0 Å². The molecule has 0 amide bonds. The number of halogens is 3. The number of nitrogens with zero attached hydrogens (tertiary/aromatic N) is 1. The average molecular weight is 220 g/mol. The van der Waals surface area contributed by atoms with E-state index in [4.69, 9.17) is 11.6 Å². The Morgan fingerprint density at radius 3 is 2.42 bits per heavy atom. The summed E-state index contributed by atoms with van der Waals surface area (Å²) in [4.78, 5) is 0. The van der Waals surface area contributed by atoms with Crippen LogP contribution in [0.2, 0.25) is 0 Å². The molecule has 72 valence electrons. The minimum absolute atomic E-state index is 0.00573. The number of hydrogen-bond donors (Lipinski definition) is 0. The molecular formula is C5H8ClF2NO2S. The van der Waals surface area contributed by atoms with Gasteiger partial charge in [-0.3, -0.25) is 0 Å². The van der Waals surface area contributed by atoms with Gasteiger partial charge >= 0.3 is 5.76 Å². The Morgan fingerprint density at radius 2 is 2.08 bits per heavy atom. The topological polar surface area (TPSA) is 37.4 Å². The van der Waals surface area contributed by atoms with E-state index < -0.39 is 15.8 Å². The van der Waals surface area contributed by atoms with Crippen molar-refractivity contribution in [2.24, 2.45) is 0 Å². The Morgan fingerprint density at radius 1 is 1.50 bits per heavy atom. The van der Waals surface area contributed by atoms with Crippen molar-refractivity contribution >= 4 is 21.6 Å². The molecule has 0 aromatic carbocycles. The zero-order chi connectivity index (χ0) is 9.35. The van der Waals surface area contributed by atoms with Crippen LogP contribution in [-0.2, 0) is 10.0 Å². The molecule has 1 saturated heterocycles. The summed E-state index contributed by atoms with van der Waals surface area (Å²) in [7, 11) is -4.39. The summed E-state index contributed by atoms with van der Waals surface area (Å²) in [5, 5.41) is -0.335. The molecule has 1 unspecified atom stereocenters. The van der Waals surface area contributed by atoms with Gasteiger partial charge in [0.05, 0.1) is 0 Å². The van der Waals surface area contributed by atoms with Crippen LogP contribution >= 0.6 is 11.6 Å². The molecule has 7 heteroatoms. The first-order valence-corrected chi connectivity index (χ1v) is 5.29. The van der Waals surface area contributed by atoms with Gasteiger partial charge in [0.15, 0.2) is 0 Å². The molecule has 0 N–H and O–H groups in total. The van der Waals surface area contributed by atoms with E-state index >= 15 is 0 Å². The summed E-state index contributed by atoms with van der Waals surface area (Å²) in [6.07, 6.45) is 0.438. The van der Waals surface area contributed by atoms with E-state index in [0.717, 1.165) is 4.31 Å². The average Bonchev–Trinajstić information content (AvgIpc) is 2.35. The molecule has 0 bridgehead atoms. The molecule has 1 aliphatic rings. The van der Waals surface area contributed by atoms with Crippen LogP contribution in [0.4, 0.5) is 8.78 Å². The Balaban J connectivity index is 2.71. The molecule has 0 radical (unpaired) electrons. The van der Waals surface area contributed by atoms with E-state index in [0.29, 0.717) is 6.42 Å². The van der Waals surface area contributed by atoms with Crippen LogP contribution in [0.5, 0.6) is 0 Å². The third-order valence-electron chi connectivity index (χ3n) is 1.68. The Hall–Kier alpha value is 0.0600. The molecule has 1 rings (SSSR count). The van der Waals surface area contributed by atoms with Crippen molar-refractivity contribution in [2.45, 2.75) is 17.6 Å². The van der Waals surface area contributed by atoms with Crippen LogP contribution in [0.25, 0.3) is 0 Å². The highest BCUT2D eigenvalue weighted by Gasteiger charge is 2.36.